The number of aryl methyl sites for hydroxylation is 1. The Kier molecular flexibility index (Phi) is 3.48. The number of rotatable bonds is 2. The first-order valence-electron chi connectivity index (χ1n) is 8.10. The Bertz CT molecular complexity index is 938. The number of nitrogens with one attached hydrogen (secondary N) is 1. The molecule has 0 aliphatic carbocycles. The molecule has 24 heavy (non-hydrogen) atoms. The van der Waals surface area contributed by atoms with Crippen LogP contribution in [0.5, 0.6) is 0 Å². The number of hydrogen-bond donors (Lipinski definition) is 1. The highest BCUT2D eigenvalue weighted by molar-refractivity contribution is 5.97. The number of carbonyl (C=O) groups excluding carboxylic acids is 1. The Morgan fingerprint density at radius 3 is 3.04 bits per heavy atom. The first kappa shape index (κ1) is 14.7. The molecule has 0 spiro atoms. The highest BCUT2D eigenvalue weighted by Crippen LogP contribution is 2.23. The van der Waals surface area contributed by atoms with Crippen molar-refractivity contribution in [1.29, 1.82) is 0 Å². The lowest BCUT2D eigenvalue weighted by molar-refractivity contribution is 0.0673. The van der Waals surface area contributed by atoms with Gasteiger partial charge in [0, 0.05) is 38.1 Å². The fourth-order valence-electron chi connectivity index (χ4n) is 3.40. The molecule has 1 N–H and O–H groups in total. The smallest absolute Gasteiger partial charge is 0.326 e. The van der Waals surface area contributed by atoms with Gasteiger partial charge in [-0.1, -0.05) is 0 Å². The van der Waals surface area contributed by atoms with Gasteiger partial charge in [0.2, 0.25) is 0 Å². The number of amides is 1. The van der Waals surface area contributed by atoms with Crippen molar-refractivity contribution in [2.75, 3.05) is 13.1 Å². The van der Waals surface area contributed by atoms with Gasteiger partial charge in [-0.2, -0.15) is 5.10 Å². The quantitative estimate of drug-likeness (QED) is 0.776. The third kappa shape index (κ3) is 2.42. The number of fused-ring (bicyclic) bond motifs is 1. The number of piperidine rings is 1. The van der Waals surface area contributed by atoms with E-state index in [1.807, 2.05) is 27.9 Å². The van der Waals surface area contributed by atoms with E-state index in [2.05, 4.69) is 10.1 Å². The molecule has 1 aliphatic rings. The molecule has 0 unspecified atom stereocenters. The number of imidazole rings is 1. The molecule has 2 aromatic heterocycles. The molecular formula is C17H19N5O2. The van der Waals surface area contributed by atoms with E-state index < -0.39 is 0 Å². The Labute approximate surface area is 138 Å². The van der Waals surface area contributed by atoms with Gasteiger partial charge in [0.15, 0.2) is 0 Å². The molecule has 1 atom stereocenters. The largest absolute Gasteiger partial charge is 0.337 e. The molecule has 1 saturated heterocycles. The van der Waals surface area contributed by atoms with Crippen LogP contribution < -0.4 is 5.69 Å². The van der Waals surface area contributed by atoms with E-state index in [9.17, 15) is 9.59 Å². The highest BCUT2D eigenvalue weighted by Gasteiger charge is 2.26. The summed E-state index contributed by atoms with van der Waals surface area (Å²) >= 11 is 0. The van der Waals surface area contributed by atoms with E-state index in [4.69, 9.17) is 0 Å². The van der Waals surface area contributed by atoms with Crippen molar-refractivity contribution in [3.8, 4) is 0 Å². The van der Waals surface area contributed by atoms with Crippen molar-refractivity contribution in [1.82, 2.24) is 24.2 Å². The molecule has 1 amide bonds. The molecule has 1 fully saturated rings. The summed E-state index contributed by atoms with van der Waals surface area (Å²) in [5.41, 5.74) is 1.91. The summed E-state index contributed by atoms with van der Waals surface area (Å²) in [5.74, 6) is -0.00143. The lowest BCUT2D eigenvalue weighted by atomic mass is 10.0. The molecule has 0 saturated carbocycles. The Morgan fingerprint density at radius 2 is 2.25 bits per heavy atom. The summed E-state index contributed by atoms with van der Waals surface area (Å²) in [4.78, 5) is 29.2. The predicted octanol–water partition coefficient (Wildman–Crippen LogP) is 1.54. The zero-order valence-electron chi connectivity index (χ0n) is 13.5. The second-order valence-electron chi connectivity index (χ2n) is 6.25. The Morgan fingerprint density at radius 1 is 1.38 bits per heavy atom. The lowest BCUT2D eigenvalue weighted by Crippen LogP contribution is -2.40. The van der Waals surface area contributed by atoms with Crippen LogP contribution in [0, 0.1) is 0 Å². The third-order valence-corrected chi connectivity index (χ3v) is 4.73. The summed E-state index contributed by atoms with van der Waals surface area (Å²) in [6.07, 6.45) is 5.69. The van der Waals surface area contributed by atoms with Crippen molar-refractivity contribution < 1.29 is 4.79 Å². The minimum atomic E-state index is -0.175. The highest BCUT2D eigenvalue weighted by atomic mass is 16.2. The van der Waals surface area contributed by atoms with Gasteiger partial charge in [0.1, 0.15) is 0 Å². The Hall–Kier alpha value is -2.83. The summed E-state index contributed by atoms with van der Waals surface area (Å²) in [5, 5.41) is 4.30. The number of aromatic amines is 1. The van der Waals surface area contributed by atoms with Crippen molar-refractivity contribution in [3.63, 3.8) is 0 Å². The van der Waals surface area contributed by atoms with Crippen LogP contribution in [-0.2, 0) is 7.05 Å². The van der Waals surface area contributed by atoms with Crippen LogP contribution in [0.25, 0.3) is 11.0 Å². The van der Waals surface area contributed by atoms with Crippen molar-refractivity contribution in [2.45, 2.75) is 18.9 Å². The molecule has 1 aromatic carbocycles. The van der Waals surface area contributed by atoms with Crippen molar-refractivity contribution in [3.05, 3.63) is 52.7 Å². The van der Waals surface area contributed by atoms with E-state index >= 15 is 0 Å². The normalized spacial score (nSPS) is 18.2. The molecule has 7 nitrogen and oxygen atoms in total. The maximum Gasteiger partial charge on any atom is 0.326 e. The van der Waals surface area contributed by atoms with Gasteiger partial charge in [0.25, 0.3) is 5.91 Å². The van der Waals surface area contributed by atoms with E-state index in [1.165, 1.54) is 4.57 Å². The van der Waals surface area contributed by atoms with Crippen LogP contribution in [0.1, 0.15) is 29.2 Å². The van der Waals surface area contributed by atoms with E-state index in [0.29, 0.717) is 17.6 Å². The Balaban J connectivity index is 1.60. The third-order valence-electron chi connectivity index (χ3n) is 4.73. The molecule has 124 valence electrons. The number of benzene rings is 1. The number of nitrogens with zero attached hydrogens (tertiary/aromatic N) is 4. The molecule has 0 radical (unpaired) electrons. The number of aromatic nitrogens is 4. The monoisotopic (exact) mass is 325 g/mol. The van der Waals surface area contributed by atoms with E-state index in [-0.39, 0.29) is 17.6 Å². The zero-order valence-corrected chi connectivity index (χ0v) is 13.5. The average Bonchev–Trinajstić information content (AvgIpc) is 3.23. The van der Waals surface area contributed by atoms with E-state index in [1.54, 1.807) is 25.4 Å². The molecule has 1 aliphatic heterocycles. The minimum Gasteiger partial charge on any atom is -0.337 e. The van der Waals surface area contributed by atoms with Crippen LogP contribution in [-0.4, -0.2) is 43.2 Å². The maximum atomic E-state index is 12.8. The first-order valence-corrected chi connectivity index (χ1v) is 8.10. The zero-order chi connectivity index (χ0) is 16.7. The summed E-state index contributed by atoms with van der Waals surface area (Å²) in [6.45, 7) is 1.41. The van der Waals surface area contributed by atoms with Gasteiger partial charge in [-0.25, -0.2) is 4.79 Å². The summed E-state index contributed by atoms with van der Waals surface area (Å²) in [6, 6.07) is 7.49. The first-order chi connectivity index (χ1) is 11.6. The summed E-state index contributed by atoms with van der Waals surface area (Å²) in [7, 11) is 1.71. The van der Waals surface area contributed by atoms with Gasteiger partial charge in [0.05, 0.1) is 17.1 Å². The lowest BCUT2D eigenvalue weighted by Gasteiger charge is -2.33. The molecule has 4 rings (SSSR count). The molecule has 3 aromatic rings. The molecule has 3 heterocycles. The predicted molar refractivity (Wildman–Crippen MR) is 89.9 cm³/mol. The maximum absolute atomic E-state index is 12.8. The molecule has 0 bridgehead atoms. The van der Waals surface area contributed by atoms with E-state index in [0.717, 1.165) is 24.9 Å². The van der Waals surface area contributed by atoms with Gasteiger partial charge in [-0.05, 0) is 37.1 Å². The summed E-state index contributed by atoms with van der Waals surface area (Å²) < 4.78 is 3.47. The SMILES string of the molecule is Cn1c(=O)[nH]c2cc(C(=O)N3CCC[C@@H](n4cccn4)C3)ccc21. The average molecular weight is 325 g/mol. The van der Waals surface area contributed by atoms with Crippen LogP contribution in [0.3, 0.4) is 0 Å². The van der Waals surface area contributed by atoms with Gasteiger partial charge < -0.3 is 9.88 Å². The number of likely N-dealkylation sites (tertiary alicyclic amines) is 1. The second kappa shape index (κ2) is 5.67. The number of carbonyl (C=O) groups is 1. The fourth-order valence-corrected chi connectivity index (χ4v) is 3.40. The number of H-pyrrole nitrogens is 1. The van der Waals surface area contributed by atoms with Crippen LogP contribution in [0.15, 0.2) is 41.5 Å². The second-order valence-corrected chi connectivity index (χ2v) is 6.25. The molecule has 7 heteroatoms. The van der Waals surface area contributed by atoms with Crippen molar-refractivity contribution >= 4 is 16.9 Å². The number of hydrogen-bond acceptors (Lipinski definition) is 3. The van der Waals surface area contributed by atoms with Crippen LogP contribution in [0.2, 0.25) is 0 Å². The van der Waals surface area contributed by atoms with Gasteiger partial charge in [-0.15, -0.1) is 0 Å². The van der Waals surface area contributed by atoms with Crippen LogP contribution in [0.4, 0.5) is 0 Å². The standard InChI is InChI=1S/C17H19N5O2/c1-20-15-6-5-12(10-14(15)19-17(20)24)16(23)21-8-2-4-13(11-21)22-9-3-7-18-22/h3,5-7,9-10,13H,2,4,8,11H2,1H3,(H,19,24)/t13-/m1/s1. The fraction of sp³-hybridized carbons (Fsp3) is 0.353. The van der Waals surface area contributed by atoms with Gasteiger partial charge in [-0.3, -0.25) is 14.0 Å². The topological polar surface area (TPSA) is 75.9 Å². The minimum absolute atomic E-state index is 0.00143. The van der Waals surface area contributed by atoms with Gasteiger partial charge >= 0.3 is 5.69 Å². The van der Waals surface area contributed by atoms with Crippen molar-refractivity contribution in [2.24, 2.45) is 7.05 Å². The van der Waals surface area contributed by atoms with Crippen LogP contribution >= 0.6 is 0 Å². The molecular weight excluding hydrogens is 306 g/mol.